The van der Waals surface area contributed by atoms with E-state index in [-0.39, 0.29) is 12.3 Å². The highest BCUT2D eigenvalue weighted by molar-refractivity contribution is 7.92. The van der Waals surface area contributed by atoms with E-state index in [0.717, 1.165) is 30.9 Å². The van der Waals surface area contributed by atoms with Crippen molar-refractivity contribution < 1.29 is 26.4 Å². The van der Waals surface area contributed by atoms with Crippen LogP contribution in [-0.2, 0) is 21.1 Å². The number of halogens is 3. The van der Waals surface area contributed by atoms with Crippen LogP contribution < -0.4 is 0 Å². The summed E-state index contributed by atoms with van der Waals surface area (Å²) in [4.78, 5) is 13.3. The number of carbonyl (C=O) groups excluding carboxylic acids is 1. The number of rotatable bonds is 3. The molecule has 3 rings (SSSR count). The lowest BCUT2D eigenvalue weighted by Crippen LogP contribution is -2.40. The fraction of sp³-hybridized carbons (Fsp3) is 0.588. The van der Waals surface area contributed by atoms with E-state index in [1.165, 1.54) is 18.6 Å². The van der Waals surface area contributed by atoms with Gasteiger partial charge in [0.25, 0.3) is 9.84 Å². The van der Waals surface area contributed by atoms with Gasteiger partial charge in [-0.2, -0.15) is 13.2 Å². The van der Waals surface area contributed by atoms with Crippen LogP contribution in [0, 0.1) is 11.3 Å². The van der Waals surface area contributed by atoms with E-state index in [4.69, 9.17) is 0 Å². The number of alkyl halides is 3. The first-order chi connectivity index (χ1) is 11.6. The number of carbonyl (C=O) groups is 1. The monoisotopic (exact) mass is 375 g/mol. The molecule has 1 heterocycles. The number of amides is 1. The second-order valence-electron chi connectivity index (χ2n) is 7.12. The third-order valence-corrected chi connectivity index (χ3v) is 7.11. The van der Waals surface area contributed by atoms with Gasteiger partial charge in [-0.05, 0) is 48.3 Å². The molecular weight excluding hydrogens is 355 g/mol. The maximum atomic E-state index is 12.5. The lowest BCUT2D eigenvalue weighted by Gasteiger charge is -2.33. The van der Waals surface area contributed by atoms with Gasteiger partial charge in [0, 0.05) is 13.1 Å². The highest BCUT2D eigenvalue weighted by Crippen LogP contribution is 2.58. The van der Waals surface area contributed by atoms with Gasteiger partial charge in [0.05, 0.1) is 11.3 Å². The van der Waals surface area contributed by atoms with E-state index < -0.39 is 20.2 Å². The van der Waals surface area contributed by atoms with E-state index in [2.05, 4.69) is 6.92 Å². The van der Waals surface area contributed by atoms with Crippen molar-refractivity contribution in [2.45, 2.75) is 43.0 Å². The van der Waals surface area contributed by atoms with Gasteiger partial charge < -0.3 is 4.90 Å². The Morgan fingerprint density at radius 2 is 1.72 bits per heavy atom. The molecule has 1 aromatic rings. The third-order valence-electron chi connectivity index (χ3n) is 5.60. The summed E-state index contributed by atoms with van der Waals surface area (Å²) in [6.45, 7) is 3.65. The number of benzene rings is 1. The van der Waals surface area contributed by atoms with Gasteiger partial charge in [-0.15, -0.1) is 0 Å². The minimum absolute atomic E-state index is 0.0644. The zero-order valence-corrected chi connectivity index (χ0v) is 14.7. The van der Waals surface area contributed by atoms with Crippen LogP contribution in [0.3, 0.4) is 0 Å². The molecule has 8 heteroatoms. The molecule has 1 saturated carbocycles. The molecule has 1 saturated heterocycles. The van der Waals surface area contributed by atoms with Crippen LogP contribution in [0.25, 0.3) is 0 Å². The molecule has 0 aromatic heterocycles. The average Bonchev–Trinajstić information content (AvgIpc) is 3.16. The smallest absolute Gasteiger partial charge is 0.342 e. The maximum Gasteiger partial charge on any atom is 0.501 e. The Kier molecular flexibility index (Phi) is 4.38. The molecule has 4 nitrogen and oxygen atoms in total. The molecule has 0 N–H and O–H groups in total. The summed E-state index contributed by atoms with van der Waals surface area (Å²) in [7, 11) is -5.35. The highest BCUT2D eigenvalue weighted by atomic mass is 32.2. The van der Waals surface area contributed by atoms with Gasteiger partial charge in [0.15, 0.2) is 0 Å². The molecule has 2 aliphatic rings. The number of likely N-dealkylation sites (tertiary alicyclic amines) is 1. The molecule has 1 atom stereocenters. The number of piperidine rings is 1. The third kappa shape index (κ3) is 3.41. The zero-order chi connectivity index (χ0) is 18.5. The molecule has 1 aliphatic heterocycles. The Labute approximate surface area is 144 Å². The minimum atomic E-state index is -5.35. The SMILES string of the molecule is CC1CC12CCN(C(=O)Cc1ccc(S(=O)(=O)C(F)(F)F)cc1)CC2. The van der Waals surface area contributed by atoms with E-state index in [1.54, 1.807) is 4.90 Å². The van der Waals surface area contributed by atoms with Crippen molar-refractivity contribution >= 4 is 15.7 Å². The Morgan fingerprint density at radius 1 is 1.20 bits per heavy atom. The minimum Gasteiger partial charge on any atom is -0.342 e. The number of nitrogens with zero attached hydrogens (tertiary/aromatic N) is 1. The molecule has 138 valence electrons. The molecule has 1 aromatic carbocycles. The normalized spacial score (nSPS) is 22.9. The van der Waals surface area contributed by atoms with Crippen molar-refractivity contribution in [1.82, 2.24) is 4.90 Å². The predicted octanol–water partition coefficient (Wildman–Crippen LogP) is 3.17. The van der Waals surface area contributed by atoms with Crippen LogP contribution >= 0.6 is 0 Å². The standard InChI is InChI=1S/C17H20F3NO3S/c1-12-11-16(12)6-8-21(9-7-16)15(22)10-13-2-4-14(5-3-13)25(23,24)17(18,19)20/h2-5,12H,6-11H2,1H3. The Hall–Kier alpha value is -1.57. The van der Waals surface area contributed by atoms with Crippen molar-refractivity contribution in [3.05, 3.63) is 29.8 Å². The summed E-state index contributed by atoms with van der Waals surface area (Å²) in [6, 6.07) is 4.35. The lowest BCUT2D eigenvalue weighted by molar-refractivity contribution is -0.132. The fourth-order valence-electron chi connectivity index (χ4n) is 3.66. The van der Waals surface area contributed by atoms with Gasteiger partial charge in [-0.1, -0.05) is 19.1 Å². The molecule has 25 heavy (non-hydrogen) atoms. The average molecular weight is 375 g/mol. The Balaban J connectivity index is 1.61. The van der Waals surface area contributed by atoms with Gasteiger partial charge in [0.1, 0.15) is 0 Å². The van der Waals surface area contributed by atoms with Crippen LogP contribution in [0.5, 0.6) is 0 Å². The van der Waals surface area contributed by atoms with E-state index >= 15 is 0 Å². The molecule has 1 spiro atoms. The van der Waals surface area contributed by atoms with Gasteiger partial charge in [-0.3, -0.25) is 4.79 Å². The fourth-order valence-corrected chi connectivity index (χ4v) is 4.42. The Bertz CT molecular complexity index is 763. The maximum absolute atomic E-state index is 12.5. The first-order valence-corrected chi connectivity index (χ1v) is 9.72. The molecular formula is C17H20F3NO3S. The topological polar surface area (TPSA) is 54.5 Å². The van der Waals surface area contributed by atoms with Crippen LogP contribution in [0.15, 0.2) is 29.2 Å². The molecule has 0 radical (unpaired) electrons. The molecule has 1 aliphatic carbocycles. The summed E-state index contributed by atoms with van der Waals surface area (Å²) >= 11 is 0. The molecule has 2 fully saturated rings. The Morgan fingerprint density at radius 3 is 2.16 bits per heavy atom. The van der Waals surface area contributed by atoms with Crippen LogP contribution in [0.4, 0.5) is 13.2 Å². The van der Waals surface area contributed by atoms with Crippen molar-refractivity contribution in [3.63, 3.8) is 0 Å². The summed E-state index contributed by atoms with van der Waals surface area (Å²) in [5.74, 6) is 0.655. The summed E-state index contributed by atoms with van der Waals surface area (Å²) in [5, 5.41) is 0. The molecule has 1 amide bonds. The largest absolute Gasteiger partial charge is 0.501 e. The molecule has 1 unspecified atom stereocenters. The number of hydrogen-bond donors (Lipinski definition) is 0. The summed E-state index contributed by atoms with van der Waals surface area (Å²) in [5.41, 5.74) is -4.40. The van der Waals surface area contributed by atoms with E-state index in [9.17, 15) is 26.4 Å². The first kappa shape index (κ1) is 18.2. The van der Waals surface area contributed by atoms with E-state index in [1.807, 2.05) is 0 Å². The van der Waals surface area contributed by atoms with E-state index in [0.29, 0.717) is 24.1 Å². The van der Waals surface area contributed by atoms with Gasteiger partial charge in [-0.25, -0.2) is 8.42 Å². The summed E-state index contributed by atoms with van der Waals surface area (Å²) < 4.78 is 60.2. The van der Waals surface area contributed by atoms with Crippen molar-refractivity contribution in [2.75, 3.05) is 13.1 Å². The lowest BCUT2D eigenvalue weighted by atomic mass is 9.91. The number of sulfone groups is 1. The molecule has 0 bridgehead atoms. The van der Waals surface area contributed by atoms with Crippen LogP contribution in [-0.4, -0.2) is 37.8 Å². The van der Waals surface area contributed by atoms with Crippen LogP contribution in [0.1, 0.15) is 31.7 Å². The quantitative estimate of drug-likeness (QED) is 0.815. The number of hydrogen-bond acceptors (Lipinski definition) is 3. The second kappa shape index (κ2) is 6.00. The van der Waals surface area contributed by atoms with Gasteiger partial charge >= 0.3 is 5.51 Å². The highest BCUT2D eigenvalue weighted by Gasteiger charge is 2.52. The van der Waals surface area contributed by atoms with Crippen molar-refractivity contribution in [3.8, 4) is 0 Å². The predicted molar refractivity (Wildman–Crippen MR) is 85.4 cm³/mol. The van der Waals surface area contributed by atoms with Gasteiger partial charge in [0.2, 0.25) is 5.91 Å². The van der Waals surface area contributed by atoms with Crippen LogP contribution in [0.2, 0.25) is 0 Å². The first-order valence-electron chi connectivity index (χ1n) is 8.23. The van der Waals surface area contributed by atoms with Crippen molar-refractivity contribution in [1.29, 1.82) is 0 Å². The zero-order valence-electron chi connectivity index (χ0n) is 13.8. The second-order valence-corrected chi connectivity index (χ2v) is 9.06. The summed E-state index contributed by atoms with van der Waals surface area (Å²) in [6.07, 6.45) is 3.30. The van der Waals surface area contributed by atoms with Crippen molar-refractivity contribution in [2.24, 2.45) is 11.3 Å².